The molecule has 16 heavy (non-hydrogen) atoms. The first-order valence-corrected chi connectivity index (χ1v) is 5.72. The highest BCUT2D eigenvalue weighted by Crippen LogP contribution is 2.26. The summed E-state index contributed by atoms with van der Waals surface area (Å²) in [5.41, 5.74) is 1.24. The molecule has 0 aliphatic heterocycles. The van der Waals surface area contributed by atoms with E-state index in [-0.39, 0.29) is 12.2 Å². The van der Waals surface area contributed by atoms with Crippen LogP contribution >= 0.6 is 15.9 Å². The molecular formula is C11H12BrFO3. The van der Waals surface area contributed by atoms with Gasteiger partial charge in [0.05, 0.1) is 20.6 Å². The fraction of sp³-hybridized carbons (Fsp3) is 0.364. The molecule has 0 saturated carbocycles. The van der Waals surface area contributed by atoms with Gasteiger partial charge in [0.2, 0.25) is 0 Å². The molecule has 0 aliphatic rings. The van der Waals surface area contributed by atoms with Crippen LogP contribution in [0.1, 0.15) is 11.1 Å². The second-order valence-corrected chi connectivity index (χ2v) is 3.72. The summed E-state index contributed by atoms with van der Waals surface area (Å²) in [6.45, 7) is 0. The van der Waals surface area contributed by atoms with Gasteiger partial charge >= 0.3 is 5.97 Å². The van der Waals surface area contributed by atoms with Gasteiger partial charge in [-0.2, -0.15) is 0 Å². The number of carbonyl (C=O) groups excluding carboxylic acids is 1. The Morgan fingerprint density at radius 3 is 2.62 bits per heavy atom. The number of carbonyl (C=O) groups is 1. The average Bonchev–Trinajstić information content (AvgIpc) is 2.28. The first-order chi connectivity index (χ1) is 7.62. The lowest BCUT2D eigenvalue weighted by molar-refractivity contribution is -0.139. The van der Waals surface area contributed by atoms with Crippen molar-refractivity contribution in [2.24, 2.45) is 0 Å². The van der Waals surface area contributed by atoms with E-state index in [1.54, 1.807) is 6.07 Å². The monoisotopic (exact) mass is 290 g/mol. The molecule has 0 radical (unpaired) electrons. The Kier molecular flexibility index (Phi) is 4.73. The van der Waals surface area contributed by atoms with E-state index < -0.39 is 11.8 Å². The molecule has 1 rings (SSSR count). The van der Waals surface area contributed by atoms with E-state index >= 15 is 0 Å². The standard InChI is InChI=1S/C11H12BrFO3/c1-15-10(14)5-7-3-8(6-12)11(16-2)9(13)4-7/h3-4H,5-6H2,1-2H3. The van der Waals surface area contributed by atoms with E-state index in [4.69, 9.17) is 4.74 Å². The maximum atomic E-state index is 13.6. The molecule has 0 unspecified atom stereocenters. The molecule has 5 heteroatoms. The predicted molar refractivity (Wildman–Crippen MR) is 61.3 cm³/mol. The molecule has 0 atom stereocenters. The topological polar surface area (TPSA) is 35.5 Å². The van der Waals surface area contributed by atoms with Crippen molar-refractivity contribution in [2.75, 3.05) is 14.2 Å². The molecule has 1 aromatic carbocycles. The van der Waals surface area contributed by atoms with Crippen LogP contribution in [0.2, 0.25) is 0 Å². The van der Waals surface area contributed by atoms with E-state index in [1.807, 2.05) is 0 Å². The molecular weight excluding hydrogens is 279 g/mol. The van der Waals surface area contributed by atoms with Gasteiger partial charge in [-0.3, -0.25) is 4.79 Å². The summed E-state index contributed by atoms with van der Waals surface area (Å²) in [5.74, 6) is -0.672. The van der Waals surface area contributed by atoms with Crippen LogP contribution in [0, 0.1) is 5.82 Å². The summed E-state index contributed by atoms with van der Waals surface area (Å²) < 4.78 is 23.0. The van der Waals surface area contributed by atoms with E-state index in [9.17, 15) is 9.18 Å². The number of alkyl halides is 1. The third-order valence-electron chi connectivity index (χ3n) is 2.10. The van der Waals surface area contributed by atoms with Crippen LogP contribution in [0.3, 0.4) is 0 Å². The van der Waals surface area contributed by atoms with Gasteiger partial charge < -0.3 is 9.47 Å². The van der Waals surface area contributed by atoms with Gasteiger partial charge in [-0.25, -0.2) is 4.39 Å². The van der Waals surface area contributed by atoms with Crippen molar-refractivity contribution in [1.82, 2.24) is 0 Å². The van der Waals surface area contributed by atoms with Gasteiger partial charge in [-0.1, -0.05) is 22.0 Å². The van der Waals surface area contributed by atoms with E-state index in [2.05, 4.69) is 20.7 Å². The molecule has 88 valence electrons. The zero-order valence-electron chi connectivity index (χ0n) is 9.05. The highest BCUT2D eigenvalue weighted by Gasteiger charge is 2.12. The van der Waals surface area contributed by atoms with Gasteiger partial charge in [0.15, 0.2) is 11.6 Å². The van der Waals surface area contributed by atoms with Crippen molar-refractivity contribution in [3.05, 3.63) is 29.1 Å². The lowest BCUT2D eigenvalue weighted by Crippen LogP contribution is -2.06. The highest BCUT2D eigenvalue weighted by atomic mass is 79.9. The maximum absolute atomic E-state index is 13.6. The van der Waals surface area contributed by atoms with Crippen molar-refractivity contribution in [3.63, 3.8) is 0 Å². The SMILES string of the molecule is COC(=O)Cc1cc(F)c(OC)c(CBr)c1. The quantitative estimate of drug-likeness (QED) is 0.631. The van der Waals surface area contributed by atoms with Crippen LogP contribution in [0.4, 0.5) is 4.39 Å². The Hall–Kier alpha value is -1.10. The molecule has 0 amide bonds. The molecule has 1 aromatic rings. The maximum Gasteiger partial charge on any atom is 0.309 e. The molecule has 0 fully saturated rings. The minimum Gasteiger partial charge on any atom is -0.493 e. The average molecular weight is 291 g/mol. The van der Waals surface area contributed by atoms with Crippen molar-refractivity contribution in [2.45, 2.75) is 11.8 Å². The fourth-order valence-electron chi connectivity index (χ4n) is 1.38. The molecule has 0 bridgehead atoms. The third-order valence-corrected chi connectivity index (χ3v) is 2.71. The largest absolute Gasteiger partial charge is 0.493 e. The van der Waals surface area contributed by atoms with Crippen molar-refractivity contribution >= 4 is 21.9 Å². The van der Waals surface area contributed by atoms with Gasteiger partial charge in [0.25, 0.3) is 0 Å². The lowest BCUT2D eigenvalue weighted by atomic mass is 10.1. The number of methoxy groups -OCH3 is 2. The summed E-state index contributed by atoms with van der Waals surface area (Å²) in [7, 11) is 2.71. The summed E-state index contributed by atoms with van der Waals surface area (Å²) >= 11 is 3.24. The van der Waals surface area contributed by atoms with Crippen LogP contribution in [-0.4, -0.2) is 20.2 Å². The third kappa shape index (κ3) is 2.95. The number of hydrogen-bond donors (Lipinski definition) is 0. The summed E-state index contributed by atoms with van der Waals surface area (Å²) in [6.07, 6.45) is 0.0530. The predicted octanol–water partition coefficient (Wildman–Crippen LogP) is 2.44. The second kappa shape index (κ2) is 5.84. The van der Waals surface area contributed by atoms with Crippen molar-refractivity contribution in [3.8, 4) is 5.75 Å². The normalized spacial score (nSPS) is 10.0. The first kappa shape index (κ1) is 13.0. The van der Waals surface area contributed by atoms with E-state index in [1.165, 1.54) is 20.3 Å². The van der Waals surface area contributed by atoms with Gasteiger partial charge in [-0.15, -0.1) is 0 Å². The number of hydrogen-bond acceptors (Lipinski definition) is 3. The number of esters is 1. The van der Waals surface area contributed by atoms with E-state index in [0.29, 0.717) is 16.5 Å². The van der Waals surface area contributed by atoms with Crippen LogP contribution in [0.5, 0.6) is 5.75 Å². The summed E-state index contributed by atoms with van der Waals surface area (Å²) in [4.78, 5) is 11.1. The van der Waals surface area contributed by atoms with Crippen LogP contribution in [-0.2, 0) is 21.3 Å². The number of benzene rings is 1. The molecule has 3 nitrogen and oxygen atoms in total. The summed E-state index contributed by atoms with van der Waals surface area (Å²) in [6, 6.07) is 3.00. The Bertz CT molecular complexity index is 393. The Balaban J connectivity index is 3.05. The summed E-state index contributed by atoms with van der Waals surface area (Å²) in [5, 5.41) is 0.460. The minimum atomic E-state index is -0.474. The fourth-order valence-corrected chi connectivity index (χ4v) is 1.80. The van der Waals surface area contributed by atoms with Crippen molar-refractivity contribution in [1.29, 1.82) is 0 Å². The lowest BCUT2D eigenvalue weighted by Gasteiger charge is -2.09. The minimum absolute atomic E-state index is 0.0530. The molecule has 0 aliphatic carbocycles. The Labute approximate surface area is 102 Å². The Morgan fingerprint density at radius 1 is 1.44 bits per heavy atom. The number of ether oxygens (including phenoxy) is 2. The molecule has 0 heterocycles. The smallest absolute Gasteiger partial charge is 0.309 e. The van der Waals surface area contributed by atoms with E-state index in [0.717, 1.165) is 0 Å². The Morgan fingerprint density at radius 2 is 2.12 bits per heavy atom. The second-order valence-electron chi connectivity index (χ2n) is 3.16. The number of halogens is 2. The van der Waals surface area contributed by atoms with Crippen LogP contribution in [0.25, 0.3) is 0 Å². The van der Waals surface area contributed by atoms with Crippen molar-refractivity contribution < 1.29 is 18.7 Å². The van der Waals surface area contributed by atoms with Crippen LogP contribution in [0.15, 0.2) is 12.1 Å². The molecule has 0 saturated heterocycles. The zero-order chi connectivity index (χ0) is 12.1. The van der Waals surface area contributed by atoms with Gasteiger partial charge in [0, 0.05) is 10.9 Å². The highest BCUT2D eigenvalue weighted by molar-refractivity contribution is 9.08. The van der Waals surface area contributed by atoms with Gasteiger partial charge in [0.1, 0.15) is 0 Å². The molecule has 0 aromatic heterocycles. The number of rotatable bonds is 4. The molecule has 0 N–H and O–H groups in total. The van der Waals surface area contributed by atoms with Gasteiger partial charge in [-0.05, 0) is 11.6 Å². The van der Waals surface area contributed by atoms with Crippen LogP contribution < -0.4 is 4.74 Å². The first-order valence-electron chi connectivity index (χ1n) is 4.60. The molecule has 0 spiro atoms. The zero-order valence-corrected chi connectivity index (χ0v) is 10.6.